The van der Waals surface area contributed by atoms with Crippen molar-refractivity contribution in [1.29, 1.82) is 0 Å². The monoisotopic (exact) mass is 144 g/mol. The number of alkyl halides is 1. The van der Waals surface area contributed by atoms with Crippen LogP contribution in [0.4, 0.5) is 0 Å². The van der Waals surface area contributed by atoms with Gasteiger partial charge < -0.3 is 0 Å². The first-order valence-corrected chi connectivity index (χ1v) is 4.11. The highest BCUT2D eigenvalue weighted by Crippen LogP contribution is 2.39. The molecule has 1 saturated carbocycles. The quantitative estimate of drug-likeness (QED) is 0.323. The Hall–Kier alpha value is 0.0300. The van der Waals surface area contributed by atoms with Crippen molar-refractivity contribution >= 4 is 11.6 Å². The van der Waals surface area contributed by atoms with Crippen LogP contribution in [-0.2, 0) is 0 Å². The molecule has 1 rings (SSSR count). The highest BCUT2D eigenvalue weighted by atomic mass is 35.5. The lowest BCUT2D eigenvalue weighted by atomic mass is 10.2. The van der Waals surface area contributed by atoms with Crippen LogP contribution in [0.15, 0.2) is 12.2 Å². The fraction of sp³-hybridized carbons (Fsp3) is 0.750. The van der Waals surface area contributed by atoms with Gasteiger partial charge in [0.2, 0.25) is 0 Å². The van der Waals surface area contributed by atoms with Gasteiger partial charge in [0, 0.05) is 5.88 Å². The first-order valence-electron chi connectivity index (χ1n) is 3.58. The highest BCUT2D eigenvalue weighted by Gasteiger charge is 2.25. The Balaban J connectivity index is 1.88. The second kappa shape index (κ2) is 3.26. The molecule has 0 spiro atoms. The number of hydrogen-bond acceptors (Lipinski definition) is 0. The van der Waals surface area contributed by atoms with Gasteiger partial charge in [0.25, 0.3) is 0 Å². The molecule has 0 aromatic rings. The summed E-state index contributed by atoms with van der Waals surface area (Å²) in [5.41, 5.74) is 1.45. The Morgan fingerprint density at radius 3 is 2.67 bits per heavy atom. The maximum atomic E-state index is 5.52. The number of unbranched alkanes of at least 4 members (excludes halogenated alkanes) is 1. The average molecular weight is 145 g/mol. The predicted molar refractivity (Wildman–Crippen MR) is 41.8 cm³/mol. The third kappa shape index (κ3) is 2.40. The first kappa shape index (κ1) is 7.14. The van der Waals surface area contributed by atoms with Crippen molar-refractivity contribution in [3.8, 4) is 0 Å². The van der Waals surface area contributed by atoms with Crippen molar-refractivity contribution in [2.24, 2.45) is 5.92 Å². The zero-order chi connectivity index (χ0) is 6.69. The molecule has 52 valence electrons. The fourth-order valence-electron chi connectivity index (χ4n) is 1.05. The summed E-state index contributed by atoms with van der Waals surface area (Å²) in [5, 5.41) is 0. The number of hydrogen-bond donors (Lipinski definition) is 0. The van der Waals surface area contributed by atoms with Gasteiger partial charge >= 0.3 is 0 Å². The third-order valence-electron chi connectivity index (χ3n) is 1.86. The van der Waals surface area contributed by atoms with E-state index in [9.17, 15) is 0 Å². The lowest BCUT2D eigenvalue weighted by molar-refractivity contribution is 0.671. The van der Waals surface area contributed by atoms with Gasteiger partial charge in [-0.15, -0.1) is 11.6 Å². The van der Waals surface area contributed by atoms with Gasteiger partial charge in [-0.1, -0.05) is 18.6 Å². The molecule has 0 saturated heterocycles. The summed E-state index contributed by atoms with van der Waals surface area (Å²) >= 11 is 5.52. The minimum Gasteiger partial charge on any atom is -0.127 e. The maximum Gasteiger partial charge on any atom is 0.0223 e. The van der Waals surface area contributed by atoms with E-state index < -0.39 is 0 Å². The van der Waals surface area contributed by atoms with Crippen molar-refractivity contribution in [3.63, 3.8) is 0 Å². The van der Waals surface area contributed by atoms with Gasteiger partial charge in [-0.3, -0.25) is 0 Å². The van der Waals surface area contributed by atoms with Gasteiger partial charge in [0.05, 0.1) is 0 Å². The molecule has 0 amide bonds. The molecule has 0 heterocycles. The van der Waals surface area contributed by atoms with E-state index in [-0.39, 0.29) is 0 Å². The van der Waals surface area contributed by atoms with Crippen molar-refractivity contribution in [2.75, 3.05) is 5.88 Å². The topological polar surface area (TPSA) is 0 Å². The van der Waals surface area contributed by atoms with E-state index in [1.54, 1.807) is 0 Å². The molecule has 1 unspecified atom stereocenters. The van der Waals surface area contributed by atoms with Crippen LogP contribution < -0.4 is 0 Å². The Labute approximate surface area is 61.9 Å². The molecule has 9 heavy (non-hydrogen) atoms. The predicted octanol–water partition coefficient (Wildman–Crippen LogP) is 2.97. The Bertz CT molecular complexity index is 107. The number of allylic oxidation sites excluding steroid dienone is 1. The van der Waals surface area contributed by atoms with Gasteiger partial charge in [-0.25, -0.2) is 0 Å². The number of halogens is 1. The maximum absolute atomic E-state index is 5.52. The fourth-order valence-corrected chi connectivity index (χ4v) is 1.24. The third-order valence-corrected chi connectivity index (χ3v) is 2.13. The van der Waals surface area contributed by atoms with Crippen LogP contribution in [0.1, 0.15) is 25.7 Å². The van der Waals surface area contributed by atoms with Crippen LogP contribution in [0.3, 0.4) is 0 Å². The van der Waals surface area contributed by atoms with Crippen LogP contribution in [0.25, 0.3) is 0 Å². The highest BCUT2D eigenvalue weighted by molar-refractivity contribution is 6.17. The molecule has 1 heteroatoms. The van der Waals surface area contributed by atoms with Crippen LogP contribution >= 0.6 is 11.6 Å². The summed E-state index contributed by atoms with van der Waals surface area (Å²) in [7, 11) is 0. The summed E-state index contributed by atoms with van der Waals surface area (Å²) in [6.45, 7) is 3.89. The van der Waals surface area contributed by atoms with Crippen molar-refractivity contribution in [1.82, 2.24) is 0 Å². The normalized spacial score (nSPS) is 24.6. The SMILES string of the molecule is C=C1CC1CCCCCl. The van der Waals surface area contributed by atoms with E-state index in [4.69, 9.17) is 11.6 Å². The summed E-state index contributed by atoms with van der Waals surface area (Å²) in [6.07, 6.45) is 5.06. The zero-order valence-corrected chi connectivity index (χ0v) is 6.45. The van der Waals surface area contributed by atoms with Crippen molar-refractivity contribution in [2.45, 2.75) is 25.7 Å². The van der Waals surface area contributed by atoms with E-state index in [0.717, 1.165) is 11.8 Å². The molecule has 1 atom stereocenters. The Kier molecular flexibility index (Phi) is 2.59. The molecule has 0 N–H and O–H groups in total. The summed E-state index contributed by atoms with van der Waals surface area (Å²) < 4.78 is 0. The molecule has 0 nitrogen and oxygen atoms in total. The molecule has 0 aromatic heterocycles. The average Bonchev–Trinajstić information content (AvgIpc) is 2.48. The molecule has 0 aliphatic heterocycles. The standard InChI is InChI=1S/C8H13Cl/c1-7-6-8(7)4-2-3-5-9/h8H,1-6H2. The van der Waals surface area contributed by atoms with Gasteiger partial charge in [0.1, 0.15) is 0 Å². The van der Waals surface area contributed by atoms with E-state index in [0.29, 0.717) is 0 Å². The molecule has 1 aliphatic rings. The molecule has 1 aliphatic carbocycles. The van der Waals surface area contributed by atoms with E-state index in [1.807, 2.05) is 0 Å². The lowest BCUT2D eigenvalue weighted by Crippen LogP contribution is -1.79. The van der Waals surface area contributed by atoms with Crippen LogP contribution in [0.2, 0.25) is 0 Å². The number of rotatable bonds is 4. The minimum atomic E-state index is 0.819. The van der Waals surface area contributed by atoms with Gasteiger partial charge in [0.15, 0.2) is 0 Å². The van der Waals surface area contributed by atoms with Crippen molar-refractivity contribution < 1.29 is 0 Å². The second-order valence-electron chi connectivity index (χ2n) is 2.74. The molecule has 0 radical (unpaired) electrons. The molecular formula is C8H13Cl. The molecule has 1 fully saturated rings. The van der Waals surface area contributed by atoms with Crippen LogP contribution in [-0.4, -0.2) is 5.88 Å². The van der Waals surface area contributed by atoms with Crippen molar-refractivity contribution in [3.05, 3.63) is 12.2 Å². The van der Waals surface area contributed by atoms with Gasteiger partial charge in [-0.05, 0) is 25.2 Å². The van der Waals surface area contributed by atoms with Gasteiger partial charge in [-0.2, -0.15) is 0 Å². The largest absolute Gasteiger partial charge is 0.127 e. The summed E-state index contributed by atoms with van der Waals surface area (Å²) in [5.74, 6) is 1.69. The zero-order valence-electron chi connectivity index (χ0n) is 5.70. The van der Waals surface area contributed by atoms with E-state index in [2.05, 4.69) is 6.58 Å². The van der Waals surface area contributed by atoms with Crippen LogP contribution in [0, 0.1) is 5.92 Å². The molecular weight excluding hydrogens is 132 g/mol. The Morgan fingerprint density at radius 1 is 1.56 bits per heavy atom. The van der Waals surface area contributed by atoms with E-state index in [1.165, 1.54) is 31.3 Å². The second-order valence-corrected chi connectivity index (χ2v) is 3.12. The molecule has 0 aromatic carbocycles. The van der Waals surface area contributed by atoms with Crippen LogP contribution in [0.5, 0.6) is 0 Å². The lowest BCUT2D eigenvalue weighted by Gasteiger charge is -1.91. The molecule has 0 bridgehead atoms. The minimum absolute atomic E-state index is 0.819. The Morgan fingerprint density at radius 2 is 2.22 bits per heavy atom. The summed E-state index contributed by atoms with van der Waals surface area (Å²) in [4.78, 5) is 0. The smallest absolute Gasteiger partial charge is 0.0223 e. The first-order chi connectivity index (χ1) is 4.34. The summed E-state index contributed by atoms with van der Waals surface area (Å²) in [6, 6.07) is 0. The van der Waals surface area contributed by atoms with E-state index >= 15 is 0 Å².